The first-order chi connectivity index (χ1) is 13.3. The molecule has 0 aliphatic carbocycles. The lowest BCUT2D eigenvalue weighted by Crippen LogP contribution is -2.39. The van der Waals surface area contributed by atoms with E-state index in [4.69, 9.17) is 0 Å². The van der Waals surface area contributed by atoms with Crippen molar-refractivity contribution >= 4 is 5.91 Å². The SMILES string of the molecule is CCc1nccn1CC1CCN(C(=O)c2ccccc2-n2cnnn2)CC1. The smallest absolute Gasteiger partial charge is 0.256 e. The van der Waals surface area contributed by atoms with Crippen molar-refractivity contribution < 1.29 is 4.79 Å². The van der Waals surface area contributed by atoms with E-state index >= 15 is 0 Å². The molecule has 0 radical (unpaired) electrons. The fraction of sp³-hybridized carbons (Fsp3) is 0.421. The summed E-state index contributed by atoms with van der Waals surface area (Å²) in [4.78, 5) is 19.4. The Balaban J connectivity index is 1.42. The molecule has 0 spiro atoms. The summed E-state index contributed by atoms with van der Waals surface area (Å²) in [6.45, 7) is 4.64. The molecule has 2 aromatic heterocycles. The number of imidazole rings is 1. The number of aryl methyl sites for hydroxylation is 1. The van der Waals surface area contributed by atoms with Gasteiger partial charge in [-0.25, -0.2) is 4.98 Å². The molecule has 1 saturated heterocycles. The van der Waals surface area contributed by atoms with E-state index < -0.39 is 0 Å². The molecule has 1 fully saturated rings. The van der Waals surface area contributed by atoms with Gasteiger partial charge in [0.2, 0.25) is 0 Å². The lowest BCUT2D eigenvalue weighted by atomic mass is 9.96. The van der Waals surface area contributed by atoms with Crippen LogP contribution in [0.25, 0.3) is 5.69 Å². The molecule has 0 unspecified atom stereocenters. The van der Waals surface area contributed by atoms with Crippen LogP contribution in [0.4, 0.5) is 0 Å². The third-order valence-corrected chi connectivity index (χ3v) is 5.20. The van der Waals surface area contributed by atoms with E-state index in [0.29, 0.717) is 17.2 Å². The van der Waals surface area contributed by atoms with Crippen LogP contribution in [0.3, 0.4) is 0 Å². The molecular weight excluding hydrogens is 342 g/mol. The number of amides is 1. The number of tetrazole rings is 1. The number of aromatic nitrogens is 6. The van der Waals surface area contributed by atoms with E-state index in [1.54, 1.807) is 0 Å². The van der Waals surface area contributed by atoms with Crippen molar-refractivity contribution in [2.75, 3.05) is 13.1 Å². The van der Waals surface area contributed by atoms with Gasteiger partial charge in [0.05, 0.1) is 11.3 Å². The first-order valence-corrected chi connectivity index (χ1v) is 9.38. The molecule has 0 saturated carbocycles. The highest BCUT2D eigenvalue weighted by atomic mass is 16.2. The number of rotatable bonds is 5. The summed E-state index contributed by atoms with van der Waals surface area (Å²) in [5, 5.41) is 11.3. The third-order valence-electron chi connectivity index (χ3n) is 5.20. The Kier molecular flexibility index (Phi) is 4.95. The second kappa shape index (κ2) is 7.69. The molecule has 8 nitrogen and oxygen atoms in total. The average molecular weight is 365 g/mol. The van der Waals surface area contributed by atoms with Crippen LogP contribution < -0.4 is 0 Å². The maximum atomic E-state index is 13.1. The second-order valence-corrected chi connectivity index (χ2v) is 6.86. The van der Waals surface area contributed by atoms with Gasteiger partial charge < -0.3 is 9.47 Å². The average Bonchev–Trinajstić information content (AvgIpc) is 3.40. The number of nitrogens with zero attached hydrogens (tertiary/aromatic N) is 7. The Morgan fingerprint density at radius 3 is 2.78 bits per heavy atom. The number of hydrogen-bond acceptors (Lipinski definition) is 5. The summed E-state index contributed by atoms with van der Waals surface area (Å²) in [6.07, 6.45) is 8.37. The Hall–Kier alpha value is -3.03. The zero-order chi connectivity index (χ0) is 18.6. The van der Waals surface area contributed by atoms with E-state index in [1.165, 1.54) is 11.0 Å². The fourth-order valence-corrected chi connectivity index (χ4v) is 3.71. The molecule has 0 atom stereocenters. The van der Waals surface area contributed by atoms with Crippen LogP contribution >= 0.6 is 0 Å². The highest BCUT2D eigenvalue weighted by molar-refractivity contribution is 5.97. The van der Waals surface area contributed by atoms with Crippen molar-refractivity contribution in [3.05, 3.63) is 54.4 Å². The van der Waals surface area contributed by atoms with Crippen LogP contribution in [0, 0.1) is 5.92 Å². The lowest BCUT2D eigenvalue weighted by Gasteiger charge is -2.32. The molecule has 140 valence electrons. The van der Waals surface area contributed by atoms with Gasteiger partial charge in [-0.3, -0.25) is 4.79 Å². The van der Waals surface area contributed by atoms with Crippen molar-refractivity contribution in [3.8, 4) is 5.69 Å². The van der Waals surface area contributed by atoms with E-state index in [9.17, 15) is 4.79 Å². The maximum absolute atomic E-state index is 13.1. The molecule has 4 rings (SSSR count). The van der Waals surface area contributed by atoms with E-state index in [1.807, 2.05) is 35.4 Å². The third kappa shape index (κ3) is 3.60. The highest BCUT2D eigenvalue weighted by Gasteiger charge is 2.26. The summed E-state index contributed by atoms with van der Waals surface area (Å²) in [5.74, 6) is 1.74. The molecule has 1 amide bonds. The summed E-state index contributed by atoms with van der Waals surface area (Å²) in [6, 6.07) is 7.46. The summed E-state index contributed by atoms with van der Waals surface area (Å²) < 4.78 is 3.78. The van der Waals surface area contributed by atoms with Gasteiger partial charge in [-0.2, -0.15) is 4.68 Å². The summed E-state index contributed by atoms with van der Waals surface area (Å²) in [7, 11) is 0. The summed E-state index contributed by atoms with van der Waals surface area (Å²) in [5.41, 5.74) is 1.34. The minimum absolute atomic E-state index is 0.0384. The van der Waals surface area contributed by atoms with Crippen molar-refractivity contribution in [2.24, 2.45) is 5.92 Å². The predicted molar refractivity (Wildman–Crippen MR) is 99.4 cm³/mol. The van der Waals surface area contributed by atoms with Gasteiger partial charge >= 0.3 is 0 Å². The molecule has 1 aromatic carbocycles. The minimum atomic E-state index is 0.0384. The van der Waals surface area contributed by atoms with Crippen LogP contribution in [-0.4, -0.2) is 53.7 Å². The van der Waals surface area contributed by atoms with Crippen molar-refractivity contribution in [1.29, 1.82) is 0 Å². The predicted octanol–water partition coefficient (Wildman–Crippen LogP) is 1.97. The van der Waals surface area contributed by atoms with E-state index in [0.717, 1.165) is 44.7 Å². The Bertz CT molecular complexity index is 894. The molecule has 3 aromatic rings. The lowest BCUT2D eigenvalue weighted by molar-refractivity contribution is 0.0682. The molecule has 0 bridgehead atoms. The number of carbonyl (C=O) groups excluding carboxylic acids is 1. The van der Waals surface area contributed by atoms with Gasteiger partial charge in [0.25, 0.3) is 5.91 Å². The van der Waals surface area contributed by atoms with Crippen LogP contribution in [0.15, 0.2) is 43.0 Å². The number of piperidine rings is 1. The Morgan fingerprint density at radius 1 is 1.22 bits per heavy atom. The van der Waals surface area contributed by atoms with Gasteiger partial charge in [0.15, 0.2) is 0 Å². The molecule has 0 N–H and O–H groups in total. The number of para-hydroxylation sites is 1. The van der Waals surface area contributed by atoms with Crippen LogP contribution in [0.2, 0.25) is 0 Å². The molecule has 3 heterocycles. The zero-order valence-corrected chi connectivity index (χ0v) is 15.4. The van der Waals surface area contributed by atoms with Gasteiger partial charge in [0.1, 0.15) is 12.2 Å². The molecule has 1 aliphatic heterocycles. The van der Waals surface area contributed by atoms with Gasteiger partial charge in [-0.1, -0.05) is 19.1 Å². The molecule has 1 aliphatic rings. The molecular formula is C19H23N7O. The first-order valence-electron chi connectivity index (χ1n) is 9.38. The number of hydrogen-bond donors (Lipinski definition) is 0. The maximum Gasteiger partial charge on any atom is 0.256 e. The fourth-order valence-electron chi connectivity index (χ4n) is 3.71. The Morgan fingerprint density at radius 2 is 2.04 bits per heavy atom. The van der Waals surface area contributed by atoms with Crippen molar-refractivity contribution in [3.63, 3.8) is 0 Å². The van der Waals surface area contributed by atoms with Crippen molar-refractivity contribution in [1.82, 2.24) is 34.7 Å². The second-order valence-electron chi connectivity index (χ2n) is 6.86. The van der Waals surface area contributed by atoms with Gasteiger partial charge in [0, 0.05) is 38.4 Å². The van der Waals surface area contributed by atoms with Gasteiger partial charge in [-0.05, 0) is 41.3 Å². The van der Waals surface area contributed by atoms with Gasteiger partial charge in [-0.15, -0.1) is 5.10 Å². The first kappa shape index (κ1) is 17.4. The topological polar surface area (TPSA) is 81.7 Å². The van der Waals surface area contributed by atoms with E-state index in [-0.39, 0.29) is 5.91 Å². The van der Waals surface area contributed by atoms with Crippen LogP contribution in [0.5, 0.6) is 0 Å². The molecule has 8 heteroatoms. The standard InChI is InChI=1S/C19H23N7O/c1-2-18-20-9-12-25(18)13-15-7-10-24(11-8-15)19(27)16-5-3-4-6-17(16)26-14-21-22-23-26/h3-6,9,12,14-15H,2,7-8,10-11,13H2,1H3. The highest BCUT2D eigenvalue weighted by Crippen LogP contribution is 2.23. The Labute approximate surface area is 157 Å². The van der Waals surface area contributed by atoms with Crippen molar-refractivity contribution in [2.45, 2.75) is 32.7 Å². The normalized spacial score (nSPS) is 15.2. The number of benzene rings is 1. The number of carbonyl (C=O) groups is 1. The van der Waals surface area contributed by atoms with Crippen LogP contribution in [0.1, 0.15) is 35.9 Å². The summed E-state index contributed by atoms with van der Waals surface area (Å²) >= 11 is 0. The quantitative estimate of drug-likeness (QED) is 0.690. The largest absolute Gasteiger partial charge is 0.339 e. The molecule has 27 heavy (non-hydrogen) atoms. The minimum Gasteiger partial charge on any atom is -0.339 e. The van der Waals surface area contributed by atoms with Crippen LogP contribution in [-0.2, 0) is 13.0 Å². The zero-order valence-electron chi connectivity index (χ0n) is 15.4. The monoisotopic (exact) mass is 365 g/mol. The number of likely N-dealkylation sites (tertiary alicyclic amines) is 1. The van der Waals surface area contributed by atoms with E-state index in [2.05, 4.69) is 38.2 Å².